The zero-order chi connectivity index (χ0) is 18.4. The number of halogens is 1. The molecule has 1 aromatic heterocycles. The maximum Gasteiger partial charge on any atom is 0.238 e. The summed E-state index contributed by atoms with van der Waals surface area (Å²) in [7, 11) is 0. The third-order valence-corrected chi connectivity index (χ3v) is 4.95. The van der Waals surface area contributed by atoms with Gasteiger partial charge in [0, 0.05) is 11.1 Å². The highest BCUT2D eigenvalue weighted by Gasteiger charge is 2.18. The molecule has 134 valence electrons. The van der Waals surface area contributed by atoms with E-state index in [9.17, 15) is 9.59 Å². The second-order valence-corrected chi connectivity index (χ2v) is 7.31. The molecule has 0 fully saturated rings. The molecule has 0 aliphatic carbocycles. The van der Waals surface area contributed by atoms with Crippen molar-refractivity contribution < 1.29 is 14.1 Å². The van der Waals surface area contributed by atoms with E-state index in [-0.39, 0.29) is 23.6 Å². The first-order valence-electron chi connectivity index (χ1n) is 7.76. The monoisotopic (exact) mass is 381 g/mol. The predicted molar refractivity (Wildman–Crippen MR) is 99.8 cm³/mol. The number of nitrogens with one attached hydrogen (secondary N) is 2. The van der Waals surface area contributed by atoms with Crippen LogP contribution in [0.2, 0.25) is 5.02 Å². The molecule has 0 aliphatic heterocycles. The molecule has 2 N–H and O–H groups in total. The molecule has 8 heteroatoms. The van der Waals surface area contributed by atoms with Crippen molar-refractivity contribution in [3.63, 3.8) is 0 Å². The number of benzene rings is 1. The van der Waals surface area contributed by atoms with Crippen molar-refractivity contribution in [1.29, 1.82) is 0 Å². The highest BCUT2D eigenvalue weighted by molar-refractivity contribution is 8.01. The average molecular weight is 382 g/mol. The van der Waals surface area contributed by atoms with Crippen LogP contribution in [0.1, 0.15) is 31.2 Å². The van der Waals surface area contributed by atoms with Gasteiger partial charge in [-0.2, -0.15) is 0 Å². The van der Waals surface area contributed by atoms with Crippen LogP contribution in [0.5, 0.6) is 0 Å². The smallest absolute Gasteiger partial charge is 0.238 e. The molecule has 0 saturated carbocycles. The lowest BCUT2D eigenvalue weighted by atomic mass is 10.1. The number of carbonyl (C=O) groups excluding carboxylic acids is 2. The van der Waals surface area contributed by atoms with Gasteiger partial charge >= 0.3 is 0 Å². The highest BCUT2D eigenvalue weighted by atomic mass is 35.5. The Morgan fingerprint density at radius 2 is 2.04 bits per heavy atom. The van der Waals surface area contributed by atoms with Crippen molar-refractivity contribution in [3.05, 3.63) is 46.7 Å². The Morgan fingerprint density at radius 1 is 1.32 bits per heavy atom. The molecule has 1 heterocycles. The Labute approximate surface area is 155 Å². The van der Waals surface area contributed by atoms with Crippen LogP contribution in [-0.2, 0) is 9.59 Å². The number of carbonyl (C=O) groups is 2. The maximum atomic E-state index is 12.1. The summed E-state index contributed by atoms with van der Waals surface area (Å²) in [5.41, 5.74) is 0.856. The molecule has 2 amide bonds. The summed E-state index contributed by atoms with van der Waals surface area (Å²) in [4.78, 5) is 24.2. The summed E-state index contributed by atoms with van der Waals surface area (Å²) in [6.07, 6.45) is 0. The quantitative estimate of drug-likeness (QED) is 0.765. The Morgan fingerprint density at radius 3 is 2.68 bits per heavy atom. The van der Waals surface area contributed by atoms with Gasteiger partial charge in [-0.15, -0.1) is 11.8 Å². The van der Waals surface area contributed by atoms with E-state index in [4.69, 9.17) is 16.1 Å². The first-order chi connectivity index (χ1) is 11.9. The number of nitrogens with zero attached hydrogens (tertiary/aromatic N) is 1. The topological polar surface area (TPSA) is 84.2 Å². The molecule has 2 unspecified atom stereocenters. The van der Waals surface area contributed by atoms with Crippen LogP contribution in [0.15, 0.2) is 34.9 Å². The van der Waals surface area contributed by atoms with E-state index in [0.29, 0.717) is 16.6 Å². The van der Waals surface area contributed by atoms with Gasteiger partial charge < -0.3 is 15.2 Å². The third kappa shape index (κ3) is 5.79. The number of amides is 2. The third-order valence-electron chi connectivity index (χ3n) is 3.46. The predicted octanol–water partition coefficient (Wildman–Crippen LogP) is 3.57. The molecule has 25 heavy (non-hydrogen) atoms. The fraction of sp³-hybridized carbons (Fsp3) is 0.353. The molecule has 0 radical (unpaired) electrons. The number of rotatable bonds is 7. The molecule has 2 aromatic rings. The lowest BCUT2D eigenvalue weighted by molar-refractivity contribution is -0.119. The molecular formula is C17H20ClN3O3S. The van der Waals surface area contributed by atoms with Gasteiger partial charge in [0.25, 0.3) is 0 Å². The normalized spacial score (nSPS) is 13.1. The number of aromatic nitrogens is 1. The van der Waals surface area contributed by atoms with E-state index in [1.165, 1.54) is 11.8 Å². The van der Waals surface area contributed by atoms with Crippen LogP contribution in [0.4, 0.5) is 5.82 Å². The first kappa shape index (κ1) is 19.3. The molecule has 6 nitrogen and oxygen atoms in total. The number of anilines is 1. The average Bonchev–Trinajstić information content (AvgIpc) is 2.97. The molecule has 1 aromatic carbocycles. The van der Waals surface area contributed by atoms with E-state index in [1.807, 2.05) is 25.1 Å². The van der Waals surface area contributed by atoms with Crippen molar-refractivity contribution in [2.24, 2.45) is 0 Å². The summed E-state index contributed by atoms with van der Waals surface area (Å²) < 4.78 is 4.89. The van der Waals surface area contributed by atoms with Gasteiger partial charge in [-0.05, 0) is 32.4 Å². The standard InChI is InChI=1S/C17H20ClN3O3S/c1-10-8-15(21-24-10)20-17(23)12(3)25-9-16(22)19-11(2)13-6-4-5-7-14(13)18/h4-8,11-12H,9H2,1-3H3,(H,19,22)(H,20,21,23). The molecule has 2 atom stereocenters. The van der Waals surface area contributed by atoms with E-state index in [2.05, 4.69) is 15.8 Å². The lowest BCUT2D eigenvalue weighted by Crippen LogP contribution is -2.30. The van der Waals surface area contributed by atoms with Crippen molar-refractivity contribution >= 4 is 41.0 Å². The maximum absolute atomic E-state index is 12.1. The van der Waals surface area contributed by atoms with E-state index < -0.39 is 5.25 Å². The van der Waals surface area contributed by atoms with Gasteiger partial charge in [0.05, 0.1) is 17.0 Å². The van der Waals surface area contributed by atoms with Gasteiger partial charge in [-0.3, -0.25) is 9.59 Å². The minimum absolute atomic E-state index is 0.158. The number of thioether (sulfide) groups is 1. The van der Waals surface area contributed by atoms with Gasteiger partial charge in [-0.1, -0.05) is 35.0 Å². The van der Waals surface area contributed by atoms with Crippen molar-refractivity contribution in [2.45, 2.75) is 32.1 Å². The number of aryl methyl sites for hydroxylation is 1. The summed E-state index contributed by atoms with van der Waals surface area (Å²) in [6.45, 7) is 5.34. The van der Waals surface area contributed by atoms with Crippen LogP contribution in [0.3, 0.4) is 0 Å². The van der Waals surface area contributed by atoms with Gasteiger partial charge in [0.15, 0.2) is 5.82 Å². The SMILES string of the molecule is Cc1cc(NC(=O)C(C)SCC(=O)NC(C)c2ccccc2Cl)no1. The van der Waals surface area contributed by atoms with Crippen molar-refractivity contribution in [2.75, 3.05) is 11.1 Å². The van der Waals surface area contributed by atoms with Crippen LogP contribution in [-0.4, -0.2) is 28.0 Å². The Balaban J connectivity index is 1.78. The van der Waals surface area contributed by atoms with E-state index in [0.717, 1.165) is 5.56 Å². The second-order valence-electron chi connectivity index (χ2n) is 5.58. The minimum Gasteiger partial charge on any atom is -0.360 e. The van der Waals surface area contributed by atoms with Gasteiger partial charge in [0.1, 0.15) is 5.76 Å². The molecule has 2 rings (SSSR count). The van der Waals surface area contributed by atoms with Crippen molar-refractivity contribution in [1.82, 2.24) is 10.5 Å². The summed E-state index contributed by atoms with van der Waals surface area (Å²) >= 11 is 7.37. The second kappa shape index (κ2) is 8.92. The van der Waals surface area contributed by atoms with Crippen LogP contribution in [0, 0.1) is 6.92 Å². The largest absolute Gasteiger partial charge is 0.360 e. The lowest BCUT2D eigenvalue weighted by Gasteiger charge is -2.16. The van der Waals surface area contributed by atoms with Crippen molar-refractivity contribution in [3.8, 4) is 0 Å². The minimum atomic E-state index is -0.404. The highest BCUT2D eigenvalue weighted by Crippen LogP contribution is 2.22. The molecular weight excluding hydrogens is 362 g/mol. The first-order valence-corrected chi connectivity index (χ1v) is 9.19. The Hall–Kier alpha value is -1.99. The van der Waals surface area contributed by atoms with Crippen LogP contribution in [0.25, 0.3) is 0 Å². The van der Waals surface area contributed by atoms with Gasteiger partial charge in [-0.25, -0.2) is 0 Å². The van der Waals surface area contributed by atoms with Crippen LogP contribution < -0.4 is 10.6 Å². The molecule has 0 saturated heterocycles. The summed E-state index contributed by atoms with van der Waals surface area (Å²) in [5.74, 6) is 0.760. The number of hydrogen-bond acceptors (Lipinski definition) is 5. The zero-order valence-electron chi connectivity index (χ0n) is 14.2. The van der Waals surface area contributed by atoms with Crippen LogP contribution >= 0.6 is 23.4 Å². The molecule has 0 bridgehead atoms. The Kier molecular flexibility index (Phi) is 6.90. The fourth-order valence-electron chi connectivity index (χ4n) is 2.12. The zero-order valence-corrected chi connectivity index (χ0v) is 15.8. The molecule has 0 spiro atoms. The Bertz CT molecular complexity index is 750. The fourth-order valence-corrected chi connectivity index (χ4v) is 3.11. The molecule has 0 aliphatic rings. The summed E-state index contributed by atoms with van der Waals surface area (Å²) in [6, 6.07) is 8.79. The van der Waals surface area contributed by atoms with E-state index >= 15 is 0 Å². The number of hydrogen-bond donors (Lipinski definition) is 2. The van der Waals surface area contributed by atoms with Gasteiger partial charge in [0.2, 0.25) is 11.8 Å². The summed E-state index contributed by atoms with van der Waals surface area (Å²) in [5, 5.41) is 9.44. The van der Waals surface area contributed by atoms with E-state index in [1.54, 1.807) is 26.0 Å².